The van der Waals surface area contributed by atoms with Gasteiger partial charge in [-0.15, -0.1) is 0 Å². The first-order valence-corrected chi connectivity index (χ1v) is 6.86. The normalized spacial score (nSPS) is 21.0. The van der Waals surface area contributed by atoms with Crippen LogP contribution < -0.4 is 5.32 Å². The Hall–Kier alpha value is -0.0800. The van der Waals surface area contributed by atoms with Crippen LogP contribution in [0.5, 0.6) is 0 Å². The molecule has 16 heavy (non-hydrogen) atoms. The molecule has 0 bridgehead atoms. The zero-order valence-electron chi connectivity index (χ0n) is 11.5. The number of nitrogens with one attached hydrogen (secondary N) is 1. The van der Waals surface area contributed by atoms with Crippen LogP contribution in [0.3, 0.4) is 0 Å². The standard InChI is InChI=1S/C14H29NO/c1-12(13-8-6-5-7-9-13)15-10-11-16-14(2,3)4/h12-13,15H,5-11H2,1-4H3. The van der Waals surface area contributed by atoms with E-state index in [1.165, 1.54) is 32.1 Å². The van der Waals surface area contributed by atoms with Crippen LogP contribution in [0.1, 0.15) is 59.8 Å². The number of hydrogen-bond donors (Lipinski definition) is 1. The second-order valence-electron chi connectivity index (χ2n) is 6.10. The van der Waals surface area contributed by atoms with Crippen LogP contribution in [-0.2, 0) is 4.74 Å². The summed E-state index contributed by atoms with van der Waals surface area (Å²) in [5, 5.41) is 3.60. The minimum absolute atomic E-state index is 0.00421. The van der Waals surface area contributed by atoms with Crippen molar-refractivity contribution < 1.29 is 4.74 Å². The molecule has 0 aromatic carbocycles. The smallest absolute Gasteiger partial charge is 0.0599 e. The van der Waals surface area contributed by atoms with Gasteiger partial charge in [0.1, 0.15) is 0 Å². The highest BCUT2D eigenvalue weighted by Crippen LogP contribution is 2.26. The average Bonchev–Trinajstić information content (AvgIpc) is 2.24. The summed E-state index contributed by atoms with van der Waals surface area (Å²) in [7, 11) is 0. The number of rotatable bonds is 5. The molecule has 1 aliphatic carbocycles. The molecule has 1 aliphatic rings. The van der Waals surface area contributed by atoms with Crippen molar-refractivity contribution in [2.24, 2.45) is 5.92 Å². The molecule has 1 unspecified atom stereocenters. The van der Waals surface area contributed by atoms with E-state index in [9.17, 15) is 0 Å². The van der Waals surface area contributed by atoms with Gasteiger partial charge in [0.25, 0.3) is 0 Å². The Kier molecular flexibility index (Phi) is 5.77. The molecule has 0 spiro atoms. The van der Waals surface area contributed by atoms with Crippen molar-refractivity contribution in [1.82, 2.24) is 5.32 Å². The molecule has 0 saturated heterocycles. The molecule has 0 radical (unpaired) electrons. The summed E-state index contributed by atoms with van der Waals surface area (Å²) in [5.74, 6) is 0.892. The fraction of sp³-hybridized carbons (Fsp3) is 1.00. The number of hydrogen-bond acceptors (Lipinski definition) is 2. The minimum atomic E-state index is -0.00421. The van der Waals surface area contributed by atoms with Gasteiger partial charge in [-0.25, -0.2) is 0 Å². The first-order chi connectivity index (χ1) is 7.49. The highest BCUT2D eigenvalue weighted by Gasteiger charge is 2.19. The Labute approximate surface area is 101 Å². The van der Waals surface area contributed by atoms with Crippen molar-refractivity contribution in [3.8, 4) is 0 Å². The van der Waals surface area contributed by atoms with E-state index in [4.69, 9.17) is 4.74 Å². The van der Waals surface area contributed by atoms with E-state index in [0.717, 1.165) is 19.1 Å². The Balaban J connectivity index is 2.07. The first kappa shape index (κ1) is 14.0. The van der Waals surface area contributed by atoms with Gasteiger partial charge in [-0.2, -0.15) is 0 Å². The van der Waals surface area contributed by atoms with Crippen LogP contribution in [-0.4, -0.2) is 24.8 Å². The zero-order valence-corrected chi connectivity index (χ0v) is 11.5. The lowest BCUT2D eigenvalue weighted by molar-refractivity contribution is -0.00220. The summed E-state index contributed by atoms with van der Waals surface area (Å²) in [6.45, 7) is 10.5. The topological polar surface area (TPSA) is 21.3 Å². The van der Waals surface area contributed by atoms with Gasteiger partial charge in [0.05, 0.1) is 12.2 Å². The molecule has 1 saturated carbocycles. The Morgan fingerprint density at radius 1 is 1.19 bits per heavy atom. The average molecular weight is 227 g/mol. The lowest BCUT2D eigenvalue weighted by Gasteiger charge is -2.29. The molecule has 2 heteroatoms. The third-order valence-corrected chi connectivity index (χ3v) is 3.46. The molecular weight excluding hydrogens is 198 g/mol. The largest absolute Gasteiger partial charge is 0.375 e. The molecule has 96 valence electrons. The maximum Gasteiger partial charge on any atom is 0.0599 e. The van der Waals surface area contributed by atoms with Crippen LogP contribution in [0.2, 0.25) is 0 Å². The summed E-state index contributed by atoms with van der Waals surface area (Å²) in [6, 6.07) is 0.656. The van der Waals surface area contributed by atoms with Crippen LogP contribution in [0.25, 0.3) is 0 Å². The van der Waals surface area contributed by atoms with Crippen LogP contribution in [0.4, 0.5) is 0 Å². The predicted octanol–water partition coefficient (Wildman–Crippen LogP) is 3.36. The monoisotopic (exact) mass is 227 g/mol. The lowest BCUT2D eigenvalue weighted by atomic mass is 9.84. The van der Waals surface area contributed by atoms with E-state index in [0.29, 0.717) is 6.04 Å². The SMILES string of the molecule is CC(NCCOC(C)(C)C)C1CCCCC1. The molecule has 2 nitrogen and oxygen atoms in total. The molecule has 1 rings (SSSR count). The van der Waals surface area contributed by atoms with Gasteiger partial charge in [0.2, 0.25) is 0 Å². The van der Waals surface area contributed by atoms with Crippen molar-refractivity contribution >= 4 is 0 Å². The van der Waals surface area contributed by atoms with Crippen molar-refractivity contribution in [1.29, 1.82) is 0 Å². The summed E-state index contributed by atoms with van der Waals surface area (Å²) in [5.41, 5.74) is -0.00421. The molecular formula is C14H29NO. The fourth-order valence-electron chi connectivity index (χ4n) is 2.44. The lowest BCUT2D eigenvalue weighted by Crippen LogP contribution is -2.37. The third-order valence-electron chi connectivity index (χ3n) is 3.46. The Morgan fingerprint density at radius 3 is 2.38 bits per heavy atom. The molecule has 0 heterocycles. The summed E-state index contributed by atoms with van der Waals surface area (Å²) in [4.78, 5) is 0. The highest BCUT2D eigenvalue weighted by molar-refractivity contribution is 4.75. The van der Waals surface area contributed by atoms with E-state index >= 15 is 0 Å². The van der Waals surface area contributed by atoms with Gasteiger partial charge < -0.3 is 10.1 Å². The summed E-state index contributed by atoms with van der Waals surface area (Å²) >= 11 is 0. The molecule has 1 atom stereocenters. The Bertz CT molecular complexity index is 180. The molecule has 0 amide bonds. The van der Waals surface area contributed by atoms with E-state index < -0.39 is 0 Å². The summed E-state index contributed by atoms with van der Waals surface area (Å²) in [6.07, 6.45) is 7.11. The van der Waals surface area contributed by atoms with Gasteiger partial charge in [0.15, 0.2) is 0 Å². The maximum absolute atomic E-state index is 5.70. The third kappa shape index (κ3) is 5.86. The molecule has 0 aromatic heterocycles. The van der Waals surface area contributed by atoms with Gasteiger partial charge in [0, 0.05) is 12.6 Å². The summed E-state index contributed by atoms with van der Waals surface area (Å²) < 4.78 is 5.70. The fourth-order valence-corrected chi connectivity index (χ4v) is 2.44. The van der Waals surface area contributed by atoms with Gasteiger partial charge in [-0.05, 0) is 46.5 Å². The second-order valence-corrected chi connectivity index (χ2v) is 6.10. The van der Waals surface area contributed by atoms with Crippen molar-refractivity contribution in [3.63, 3.8) is 0 Å². The number of ether oxygens (including phenoxy) is 1. The Morgan fingerprint density at radius 2 is 1.81 bits per heavy atom. The van der Waals surface area contributed by atoms with E-state index in [-0.39, 0.29) is 5.60 Å². The van der Waals surface area contributed by atoms with E-state index in [1.807, 2.05) is 0 Å². The van der Waals surface area contributed by atoms with Gasteiger partial charge >= 0.3 is 0 Å². The first-order valence-electron chi connectivity index (χ1n) is 6.86. The van der Waals surface area contributed by atoms with Gasteiger partial charge in [-0.1, -0.05) is 19.3 Å². The minimum Gasteiger partial charge on any atom is -0.375 e. The van der Waals surface area contributed by atoms with Crippen LogP contribution in [0.15, 0.2) is 0 Å². The van der Waals surface area contributed by atoms with E-state index in [2.05, 4.69) is 33.0 Å². The molecule has 1 fully saturated rings. The molecule has 0 aromatic rings. The van der Waals surface area contributed by atoms with Crippen molar-refractivity contribution in [2.75, 3.05) is 13.2 Å². The van der Waals surface area contributed by atoms with Gasteiger partial charge in [-0.3, -0.25) is 0 Å². The molecule has 1 N–H and O–H groups in total. The highest BCUT2D eigenvalue weighted by atomic mass is 16.5. The second kappa shape index (κ2) is 6.61. The quantitative estimate of drug-likeness (QED) is 0.727. The van der Waals surface area contributed by atoms with Crippen molar-refractivity contribution in [3.05, 3.63) is 0 Å². The van der Waals surface area contributed by atoms with Crippen molar-refractivity contribution in [2.45, 2.75) is 71.4 Å². The van der Waals surface area contributed by atoms with Crippen LogP contribution >= 0.6 is 0 Å². The predicted molar refractivity (Wildman–Crippen MR) is 69.7 cm³/mol. The zero-order chi connectivity index (χ0) is 12.0. The maximum atomic E-state index is 5.70. The van der Waals surface area contributed by atoms with Crippen LogP contribution in [0, 0.1) is 5.92 Å². The molecule has 0 aliphatic heterocycles. The van der Waals surface area contributed by atoms with E-state index in [1.54, 1.807) is 0 Å².